The average molecular weight is 235 g/mol. The van der Waals surface area contributed by atoms with Crippen LogP contribution in [0, 0.1) is 23.5 Å². The van der Waals surface area contributed by atoms with E-state index in [1.165, 1.54) is 6.07 Å². The van der Waals surface area contributed by atoms with Crippen LogP contribution in [-0.2, 0) is 0 Å². The van der Waals surface area contributed by atoms with E-state index in [1.807, 2.05) is 0 Å². The van der Waals surface area contributed by atoms with Gasteiger partial charge in [0.25, 0.3) is 0 Å². The molecular formula is C10H6Cl2F2. The van der Waals surface area contributed by atoms with Crippen molar-refractivity contribution in [3.05, 3.63) is 34.4 Å². The summed E-state index contributed by atoms with van der Waals surface area (Å²) in [6, 6.07) is 2.33. The Morgan fingerprint density at radius 2 is 2.00 bits per heavy atom. The van der Waals surface area contributed by atoms with E-state index >= 15 is 0 Å². The van der Waals surface area contributed by atoms with E-state index in [1.54, 1.807) is 0 Å². The highest BCUT2D eigenvalue weighted by Crippen LogP contribution is 2.21. The lowest BCUT2D eigenvalue weighted by Crippen LogP contribution is -1.88. The summed E-state index contributed by atoms with van der Waals surface area (Å²) in [5.74, 6) is 3.93. The third kappa shape index (κ3) is 2.60. The SMILES string of the molecule is Fc1ccc(C#CCCCl)c(F)c1Cl. The minimum absolute atomic E-state index is 0.0847. The van der Waals surface area contributed by atoms with Gasteiger partial charge in [-0.25, -0.2) is 8.78 Å². The second kappa shape index (κ2) is 5.19. The van der Waals surface area contributed by atoms with Crippen LogP contribution in [-0.4, -0.2) is 5.88 Å². The van der Waals surface area contributed by atoms with Gasteiger partial charge in [-0.1, -0.05) is 23.4 Å². The first-order valence-corrected chi connectivity index (χ1v) is 4.76. The van der Waals surface area contributed by atoms with Crippen molar-refractivity contribution in [2.75, 3.05) is 5.88 Å². The second-order valence-electron chi connectivity index (χ2n) is 2.46. The number of benzene rings is 1. The Bertz CT molecular complexity index is 391. The largest absolute Gasteiger partial charge is 0.205 e. The minimum atomic E-state index is -0.825. The van der Waals surface area contributed by atoms with Gasteiger partial charge in [0.05, 0.1) is 5.56 Å². The van der Waals surface area contributed by atoms with Crippen LogP contribution in [0.5, 0.6) is 0 Å². The Labute approximate surface area is 90.8 Å². The molecule has 0 saturated carbocycles. The maximum Gasteiger partial charge on any atom is 0.160 e. The fraction of sp³-hybridized carbons (Fsp3) is 0.200. The van der Waals surface area contributed by atoms with Crippen molar-refractivity contribution in [2.24, 2.45) is 0 Å². The first-order valence-electron chi connectivity index (χ1n) is 3.85. The fourth-order valence-electron chi connectivity index (χ4n) is 0.827. The molecule has 1 aromatic carbocycles. The summed E-state index contributed by atoms with van der Waals surface area (Å²) in [6.07, 6.45) is 0.454. The molecule has 0 fully saturated rings. The van der Waals surface area contributed by atoms with Crippen LogP contribution in [0.1, 0.15) is 12.0 Å². The standard InChI is InChI=1S/C10H6Cl2F2/c11-6-2-1-3-7-4-5-8(13)9(12)10(7)14/h4-5H,2,6H2. The van der Waals surface area contributed by atoms with Crippen molar-refractivity contribution in [1.29, 1.82) is 0 Å². The number of hydrogen-bond acceptors (Lipinski definition) is 0. The van der Waals surface area contributed by atoms with Crippen LogP contribution in [0.15, 0.2) is 12.1 Å². The van der Waals surface area contributed by atoms with Crippen LogP contribution in [0.3, 0.4) is 0 Å². The predicted octanol–water partition coefficient (Wildman–Crippen LogP) is 3.60. The summed E-state index contributed by atoms with van der Waals surface area (Å²) < 4.78 is 25.9. The normalized spacial score (nSPS) is 9.43. The van der Waals surface area contributed by atoms with Crippen molar-refractivity contribution < 1.29 is 8.78 Å². The molecule has 0 bridgehead atoms. The molecule has 0 heterocycles. The third-order valence-electron chi connectivity index (χ3n) is 1.48. The molecule has 14 heavy (non-hydrogen) atoms. The molecule has 1 rings (SSSR count). The summed E-state index contributed by atoms with van der Waals surface area (Å²) in [7, 11) is 0. The molecule has 74 valence electrons. The van der Waals surface area contributed by atoms with Gasteiger partial charge >= 0.3 is 0 Å². The predicted molar refractivity (Wildman–Crippen MR) is 53.6 cm³/mol. The lowest BCUT2D eigenvalue weighted by Gasteiger charge is -1.97. The number of halogens is 4. The van der Waals surface area contributed by atoms with Gasteiger partial charge in [0.2, 0.25) is 0 Å². The van der Waals surface area contributed by atoms with Crippen LogP contribution in [0.4, 0.5) is 8.78 Å². The highest BCUT2D eigenvalue weighted by Gasteiger charge is 2.09. The molecule has 0 atom stereocenters. The molecular weight excluding hydrogens is 229 g/mol. The molecule has 0 aromatic heterocycles. The van der Waals surface area contributed by atoms with E-state index in [9.17, 15) is 8.78 Å². The van der Waals surface area contributed by atoms with Gasteiger partial charge in [-0.2, -0.15) is 0 Å². The molecule has 0 spiro atoms. The van der Waals surface area contributed by atoms with E-state index in [4.69, 9.17) is 23.2 Å². The van der Waals surface area contributed by atoms with E-state index < -0.39 is 16.7 Å². The van der Waals surface area contributed by atoms with Gasteiger partial charge < -0.3 is 0 Å². The van der Waals surface area contributed by atoms with E-state index in [0.717, 1.165) is 6.07 Å². The zero-order valence-electron chi connectivity index (χ0n) is 7.08. The van der Waals surface area contributed by atoms with Crippen molar-refractivity contribution in [3.8, 4) is 11.8 Å². The second-order valence-corrected chi connectivity index (χ2v) is 3.22. The van der Waals surface area contributed by atoms with E-state index in [-0.39, 0.29) is 5.56 Å². The van der Waals surface area contributed by atoms with Gasteiger partial charge in [0.15, 0.2) is 5.82 Å². The molecule has 0 amide bonds. The summed E-state index contributed by atoms with van der Waals surface area (Å²) in [4.78, 5) is 0. The Balaban J connectivity index is 3.02. The topological polar surface area (TPSA) is 0 Å². The molecule has 4 heteroatoms. The lowest BCUT2D eigenvalue weighted by molar-refractivity contribution is 0.582. The van der Waals surface area contributed by atoms with E-state index in [2.05, 4.69) is 11.8 Å². The van der Waals surface area contributed by atoms with Crippen molar-refractivity contribution in [1.82, 2.24) is 0 Å². The highest BCUT2D eigenvalue weighted by molar-refractivity contribution is 6.31. The molecule has 1 aromatic rings. The van der Waals surface area contributed by atoms with E-state index in [0.29, 0.717) is 12.3 Å². The van der Waals surface area contributed by atoms with Crippen molar-refractivity contribution in [3.63, 3.8) is 0 Å². The summed E-state index contributed by atoms with van der Waals surface area (Å²) >= 11 is 10.7. The zero-order valence-corrected chi connectivity index (χ0v) is 8.59. The molecule has 0 aliphatic carbocycles. The minimum Gasteiger partial charge on any atom is -0.205 e. The van der Waals surface area contributed by atoms with Gasteiger partial charge in [0, 0.05) is 12.3 Å². The molecule has 0 saturated heterocycles. The average Bonchev–Trinajstić information content (AvgIpc) is 2.18. The maximum absolute atomic E-state index is 13.2. The monoisotopic (exact) mass is 234 g/mol. The first-order chi connectivity index (χ1) is 6.66. The van der Waals surface area contributed by atoms with Crippen molar-refractivity contribution in [2.45, 2.75) is 6.42 Å². The molecule has 0 aliphatic heterocycles. The third-order valence-corrected chi connectivity index (χ3v) is 2.01. The zero-order chi connectivity index (χ0) is 10.6. The maximum atomic E-state index is 13.2. The number of rotatable bonds is 1. The summed E-state index contributed by atoms with van der Waals surface area (Å²) in [5, 5.41) is -0.525. The lowest BCUT2D eigenvalue weighted by atomic mass is 10.2. The quantitative estimate of drug-likeness (QED) is 0.396. The fourth-order valence-corrected chi connectivity index (χ4v) is 1.09. The van der Waals surface area contributed by atoms with Crippen LogP contribution in [0.25, 0.3) is 0 Å². The van der Waals surface area contributed by atoms with Crippen molar-refractivity contribution >= 4 is 23.2 Å². The first kappa shape index (κ1) is 11.3. The molecule has 0 radical (unpaired) electrons. The van der Waals surface area contributed by atoms with Gasteiger partial charge in [-0.05, 0) is 12.1 Å². The highest BCUT2D eigenvalue weighted by atomic mass is 35.5. The van der Waals surface area contributed by atoms with Gasteiger partial charge in [0.1, 0.15) is 10.8 Å². The smallest absolute Gasteiger partial charge is 0.160 e. The molecule has 0 unspecified atom stereocenters. The molecule has 0 N–H and O–H groups in total. The van der Waals surface area contributed by atoms with Gasteiger partial charge in [-0.15, -0.1) is 11.6 Å². The number of hydrogen-bond donors (Lipinski definition) is 0. The van der Waals surface area contributed by atoms with Crippen LogP contribution >= 0.6 is 23.2 Å². The summed E-state index contributed by atoms with van der Waals surface area (Å²) in [6.45, 7) is 0. The number of alkyl halides is 1. The Morgan fingerprint density at radius 3 is 2.64 bits per heavy atom. The molecule has 0 nitrogen and oxygen atoms in total. The Morgan fingerprint density at radius 1 is 1.29 bits per heavy atom. The van der Waals surface area contributed by atoms with Crippen LogP contribution in [0.2, 0.25) is 5.02 Å². The van der Waals surface area contributed by atoms with Gasteiger partial charge in [-0.3, -0.25) is 0 Å². The Kier molecular flexibility index (Phi) is 4.19. The Hall–Kier alpha value is -0.780. The van der Waals surface area contributed by atoms with Crippen LogP contribution < -0.4 is 0 Å². The summed E-state index contributed by atoms with van der Waals surface area (Å²) in [5.41, 5.74) is 0.0847. The molecule has 0 aliphatic rings.